The number of carbonyl (C=O) groups is 2. The van der Waals surface area contributed by atoms with Crippen LogP contribution in [0, 0.1) is 0 Å². The van der Waals surface area contributed by atoms with Crippen LogP contribution in [0.2, 0.25) is 0 Å². The van der Waals surface area contributed by atoms with E-state index in [-0.39, 0.29) is 17.2 Å². The number of aryl methyl sites for hydroxylation is 1. The van der Waals surface area contributed by atoms with Gasteiger partial charge in [0.1, 0.15) is 28.9 Å². The molecule has 1 aliphatic rings. The number of benzene rings is 2. The second-order valence-corrected chi connectivity index (χ2v) is 7.24. The highest BCUT2D eigenvalue weighted by molar-refractivity contribution is 6.08. The first-order valence-electron chi connectivity index (χ1n) is 10.4. The molecule has 164 valence electrons. The number of nitrogens with zero attached hydrogens (tertiary/aromatic N) is 2. The smallest absolute Gasteiger partial charge is 0.352 e. The molecule has 0 fully saturated rings. The van der Waals surface area contributed by atoms with Gasteiger partial charge in [-0.15, -0.1) is 0 Å². The molecule has 4 rings (SSSR count). The molecule has 1 atom stereocenters. The number of anilines is 2. The fourth-order valence-corrected chi connectivity index (χ4v) is 3.76. The van der Waals surface area contributed by atoms with E-state index in [1.807, 2.05) is 62.4 Å². The van der Waals surface area contributed by atoms with Crippen LogP contribution in [0.5, 0.6) is 5.75 Å². The molecule has 1 aromatic heterocycles. The first-order chi connectivity index (χ1) is 15.5. The van der Waals surface area contributed by atoms with Gasteiger partial charge in [0.15, 0.2) is 0 Å². The van der Waals surface area contributed by atoms with Crippen molar-refractivity contribution in [3.8, 4) is 5.75 Å². The van der Waals surface area contributed by atoms with E-state index in [9.17, 15) is 14.7 Å². The summed E-state index contributed by atoms with van der Waals surface area (Å²) in [6, 6.07) is 14.4. The van der Waals surface area contributed by atoms with Crippen molar-refractivity contribution in [2.45, 2.75) is 26.3 Å². The number of para-hydroxylation sites is 2. The Labute approximate surface area is 185 Å². The quantitative estimate of drug-likeness (QED) is 0.520. The summed E-state index contributed by atoms with van der Waals surface area (Å²) in [5, 5.41) is 19.9. The number of hydrogen-bond donors (Lipinski definition) is 3. The van der Waals surface area contributed by atoms with Gasteiger partial charge < -0.3 is 20.5 Å². The molecule has 3 aromatic rings. The monoisotopic (exact) mass is 432 g/mol. The van der Waals surface area contributed by atoms with Crippen molar-refractivity contribution in [2.24, 2.45) is 0 Å². The normalized spacial score (nSPS) is 14.7. The Balaban J connectivity index is 1.75. The van der Waals surface area contributed by atoms with Crippen molar-refractivity contribution >= 4 is 23.4 Å². The van der Waals surface area contributed by atoms with Gasteiger partial charge in [0.05, 0.1) is 12.8 Å². The van der Waals surface area contributed by atoms with Crippen LogP contribution in [0.25, 0.3) is 0 Å². The van der Waals surface area contributed by atoms with E-state index < -0.39 is 12.0 Å². The fourth-order valence-electron chi connectivity index (χ4n) is 3.76. The van der Waals surface area contributed by atoms with Gasteiger partial charge >= 0.3 is 5.97 Å². The predicted molar refractivity (Wildman–Crippen MR) is 121 cm³/mol. The Bertz CT molecular complexity index is 1200. The fraction of sp³-hybridized carbons (Fsp3) is 0.208. The summed E-state index contributed by atoms with van der Waals surface area (Å²) >= 11 is 0. The third-order valence-corrected chi connectivity index (χ3v) is 5.30. The molecule has 8 heteroatoms. The molecule has 0 saturated heterocycles. The standard InChI is InChI=1S/C24H24N4O4/c1-3-15-9-5-7-11-18(15)27-23(29)17-14-25-28-20(13-19(24(30)31)26-22(17)28)16-10-6-8-12-21(16)32-4-2/h5-14,20,26H,3-4H2,1-2H3,(H,27,29)(H,30,31)/t20-/m0/s1. The van der Waals surface area contributed by atoms with Gasteiger partial charge in [-0.3, -0.25) is 4.79 Å². The molecule has 0 unspecified atom stereocenters. The zero-order chi connectivity index (χ0) is 22.7. The number of aromatic nitrogens is 2. The molecule has 3 N–H and O–H groups in total. The molecule has 0 radical (unpaired) electrons. The highest BCUT2D eigenvalue weighted by Gasteiger charge is 2.31. The highest BCUT2D eigenvalue weighted by Crippen LogP contribution is 2.36. The minimum absolute atomic E-state index is 0.0303. The summed E-state index contributed by atoms with van der Waals surface area (Å²) in [5.41, 5.74) is 2.69. The highest BCUT2D eigenvalue weighted by atomic mass is 16.5. The lowest BCUT2D eigenvalue weighted by Crippen LogP contribution is -2.26. The number of carboxylic acid groups (broad SMARTS) is 1. The van der Waals surface area contributed by atoms with Gasteiger partial charge in [0, 0.05) is 11.3 Å². The molecular weight excluding hydrogens is 408 g/mol. The summed E-state index contributed by atoms with van der Waals surface area (Å²) in [5.74, 6) is -0.554. The number of aliphatic carboxylic acids is 1. The van der Waals surface area contributed by atoms with Crippen LogP contribution in [0.4, 0.5) is 11.5 Å². The first-order valence-corrected chi connectivity index (χ1v) is 10.4. The van der Waals surface area contributed by atoms with Crippen molar-refractivity contribution in [2.75, 3.05) is 17.2 Å². The van der Waals surface area contributed by atoms with Crippen LogP contribution in [0.15, 0.2) is 66.5 Å². The summed E-state index contributed by atoms with van der Waals surface area (Å²) in [4.78, 5) is 24.9. The van der Waals surface area contributed by atoms with Crippen LogP contribution in [-0.2, 0) is 11.2 Å². The van der Waals surface area contributed by atoms with Gasteiger partial charge in [-0.2, -0.15) is 5.10 Å². The zero-order valence-corrected chi connectivity index (χ0v) is 17.8. The first kappa shape index (κ1) is 21.2. The Morgan fingerprint density at radius 3 is 2.66 bits per heavy atom. The largest absolute Gasteiger partial charge is 0.494 e. The second-order valence-electron chi connectivity index (χ2n) is 7.24. The molecule has 1 amide bonds. The molecule has 8 nitrogen and oxygen atoms in total. The van der Waals surface area contributed by atoms with Crippen LogP contribution in [0.3, 0.4) is 0 Å². The number of amides is 1. The number of fused-ring (bicyclic) bond motifs is 1. The Morgan fingerprint density at radius 1 is 1.16 bits per heavy atom. The lowest BCUT2D eigenvalue weighted by atomic mass is 10.0. The van der Waals surface area contributed by atoms with Crippen LogP contribution >= 0.6 is 0 Å². The molecule has 0 saturated carbocycles. The topological polar surface area (TPSA) is 105 Å². The van der Waals surface area contributed by atoms with Crippen LogP contribution in [-0.4, -0.2) is 33.4 Å². The van der Waals surface area contributed by atoms with Gasteiger partial charge in [-0.1, -0.05) is 43.3 Å². The summed E-state index contributed by atoms with van der Waals surface area (Å²) in [6.07, 6.45) is 3.78. The Hall–Kier alpha value is -4.07. The van der Waals surface area contributed by atoms with Crippen molar-refractivity contribution in [1.29, 1.82) is 0 Å². The predicted octanol–water partition coefficient (Wildman–Crippen LogP) is 4.08. The minimum atomic E-state index is -1.13. The summed E-state index contributed by atoms with van der Waals surface area (Å²) < 4.78 is 7.34. The third-order valence-electron chi connectivity index (χ3n) is 5.30. The van der Waals surface area contributed by atoms with Crippen LogP contribution < -0.4 is 15.4 Å². The lowest BCUT2D eigenvalue weighted by Gasteiger charge is -2.25. The van der Waals surface area contributed by atoms with Crippen LogP contribution in [0.1, 0.15) is 41.4 Å². The SMILES string of the molecule is CCOc1ccccc1[C@@H]1C=C(C(=O)O)Nc2c(C(=O)Nc3ccccc3CC)cnn21. The number of carboxylic acids is 1. The average molecular weight is 432 g/mol. The average Bonchev–Trinajstić information content (AvgIpc) is 3.24. The number of hydrogen-bond acceptors (Lipinski definition) is 5. The van der Waals surface area contributed by atoms with Gasteiger partial charge in [0.2, 0.25) is 0 Å². The van der Waals surface area contributed by atoms with E-state index in [0.29, 0.717) is 23.9 Å². The lowest BCUT2D eigenvalue weighted by molar-refractivity contribution is -0.132. The molecule has 0 bridgehead atoms. The van der Waals surface area contributed by atoms with E-state index in [0.717, 1.165) is 17.5 Å². The number of ether oxygens (including phenoxy) is 1. The van der Waals surface area contributed by atoms with E-state index in [1.54, 1.807) is 10.8 Å². The van der Waals surface area contributed by atoms with Crippen molar-refractivity contribution in [3.63, 3.8) is 0 Å². The Kier molecular flexibility index (Phi) is 5.93. The van der Waals surface area contributed by atoms with Crippen molar-refractivity contribution < 1.29 is 19.4 Å². The molecule has 0 aliphatic carbocycles. The van der Waals surface area contributed by atoms with E-state index in [2.05, 4.69) is 15.7 Å². The van der Waals surface area contributed by atoms with Crippen molar-refractivity contribution in [1.82, 2.24) is 9.78 Å². The number of nitrogens with one attached hydrogen (secondary N) is 2. The maximum atomic E-state index is 13.1. The number of rotatable bonds is 7. The zero-order valence-electron chi connectivity index (χ0n) is 17.8. The number of allylic oxidation sites excluding steroid dienone is 1. The summed E-state index contributed by atoms with van der Waals surface area (Å²) in [6.45, 7) is 4.36. The molecular formula is C24H24N4O4. The maximum Gasteiger partial charge on any atom is 0.352 e. The van der Waals surface area contributed by atoms with Gasteiger partial charge in [-0.25, -0.2) is 9.48 Å². The minimum Gasteiger partial charge on any atom is -0.494 e. The maximum absolute atomic E-state index is 13.1. The Morgan fingerprint density at radius 2 is 1.91 bits per heavy atom. The van der Waals surface area contributed by atoms with E-state index in [1.165, 1.54) is 6.20 Å². The molecule has 32 heavy (non-hydrogen) atoms. The summed E-state index contributed by atoms with van der Waals surface area (Å²) in [7, 11) is 0. The molecule has 2 aromatic carbocycles. The van der Waals surface area contributed by atoms with E-state index in [4.69, 9.17) is 4.74 Å². The molecule has 0 spiro atoms. The molecule has 2 heterocycles. The van der Waals surface area contributed by atoms with E-state index >= 15 is 0 Å². The van der Waals surface area contributed by atoms with Gasteiger partial charge in [-0.05, 0) is 37.1 Å². The number of carbonyl (C=O) groups excluding carboxylic acids is 1. The third kappa shape index (κ3) is 3.94. The molecule has 1 aliphatic heterocycles. The van der Waals surface area contributed by atoms with Gasteiger partial charge in [0.25, 0.3) is 5.91 Å². The second kappa shape index (κ2) is 8.97. The van der Waals surface area contributed by atoms with Crippen molar-refractivity contribution in [3.05, 3.63) is 83.2 Å².